The van der Waals surface area contributed by atoms with Crippen molar-refractivity contribution in [3.8, 4) is 0 Å². The minimum Gasteiger partial charge on any atom is -0.324 e. The molecule has 0 saturated carbocycles. The Hall–Kier alpha value is -2.94. The first-order chi connectivity index (χ1) is 13.0. The summed E-state index contributed by atoms with van der Waals surface area (Å²) in [6.07, 6.45) is 0.956. The molecule has 2 aromatic carbocycles. The molecule has 0 bridgehead atoms. The van der Waals surface area contributed by atoms with Crippen LogP contribution in [-0.4, -0.2) is 31.5 Å². The van der Waals surface area contributed by atoms with Gasteiger partial charge in [-0.15, -0.1) is 0 Å². The van der Waals surface area contributed by atoms with E-state index in [1.165, 1.54) is 25.1 Å². The number of hydrogen-bond donors (Lipinski definition) is 1. The van der Waals surface area contributed by atoms with Crippen LogP contribution in [0.4, 0.5) is 17.1 Å². The van der Waals surface area contributed by atoms with Gasteiger partial charge in [0, 0.05) is 17.8 Å². The molecule has 1 amide bonds. The molecule has 28 heavy (non-hydrogen) atoms. The van der Waals surface area contributed by atoms with Gasteiger partial charge in [-0.1, -0.05) is 38.1 Å². The van der Waals surface area contributed by atoms with Gasteiger partial charge in [-0.25, -0.2) is 8.42 Å². The van der Waals surface area contributed by atoms with Crippen molar-refractivity contribution in [1.29, 1.82) is 0 Å². The van der Waals surface area contributed by atoms with Gasteiger partial charge >= 0.3 is 0 Å². The second kappa shape index (κ2) is 8.39. The summed E-state index contributed by atoms with van der Waals surface area (Å²) in [6.45, 7) is 5.41. The predicted octanol–water partition coefficient (Wildman–Crippen LogP) is 3.51. The van der Waals surface area contributed by atoms with E-state index in [1.807, 2.05) is 26.0 Å². The fraction of sp³-hybridized carbons (Fsp3) is 0.316. The predicted molar refractivity (Wildman–Crippen MR) is 109 cm³/mol. The number of nitro groups is 1. The highest BCUT2D eigenvalue weighted by molar-refractivity contribution is 7.92. The number of amides is 1. The maximum absolute atomic E-state index is 12.8. The molecular formula is C19H23N3O5S. The van der Waals surface area contributed by atoms with Crippen molar-refractivity contribution >= 4 is 33.0 Å². The Morgan fingerprint density at radius 2 is 1.75 bits per heavy atom. The van der Waals surface area contributed by atoms with Crippen molar-refractivity contribution in [3.05, 3.63) is 64.2 Å². The van der Waals surface area contributed by atoms with Gasteiger partial charge < -0.3 is 5.32 Å². The lowest BCUT2D eigenvalue weighted by Crippen LogP contribution is -2.45. The van der Waals surface area contributed by atoms with E-state index < -0.39 is 26.9 Å². The average molecular weight is 405 g/mol. The van der Waals surface area contributed by atoms with Crippen LogP contribution < -0.4 is 9.62 Å². The maximum Gasteiger partial charge on any atom is 0.271 e. The lowest BCUT2D eigenvalue weighted by molar-refractivity contribution is -0.384. The number of para-hydroxylation sites is 1. The summed E-state index contributed by atoms with van der Waals surface area (Å²) in [6, 6.07) is 11.3. The molecule has 8 nitrogen and oxygen atoms in total. The molecule has 0 aromatic heterocycles. The molecule has 0 aliphatic rings. The smallest absolute Gasteiger partial charge is 0.271 e. The van der Waals surface area contributed by atoms with Crippen LogP contribution in [0.25, 0.3) is 0 Å². The maximum atomic E-state index is 12.8. The second-order valence-corrected chi connectivity index (χ2v) is 8.60. The molecule has 1 atom stereocenters. The standard InChI is InChI=1S/C19H23N3O5S/c1-13(2)17-10-5-6-11-18(17)20-19(23)14(3)21(28(4,26)27)15-8-7-9-16(12-15)22(24)25/h5-14H,1-4H3,(H,20,23)/t14-/m0/s1. The Morgan fingerprint density at radius 3 is 2.32 bits per heavy atom. The molecular weight excluding hydrogens is 382 g/mol. The van der Waals surface area contributed by atoms with E-state index in [0.717, 1.165) is 22.2 Å². The normalized spacial score (nSPS) is 12.5. The number of sulfonamides is 1. The molecule has 0 spiro atoms. The fourth-order valence-corrected chi connectivity index (χ4v) is 4.07. The zero-order valence-electron chi connectivity index (χ0n) is 16.1. The average Bonchev–Trinajstić information content (AvgIpc) is 2.61. The van der Waals surface area contributed by atoms with E-state index >= 15 is 0 Å². The van der Waals surface area contributed by atoms with Crippen LogP contribution in [0.1, 0.15) is 32.3 Å². The molecule has 2 aromatic rings. The summed E-state index contributed by atoms with van der Waals surface area (Å²) in [7, 11) is -3.87. The van der Waals surface area contributed by atoms with Gasteiger partial charge in [0.05, 0.1) is 16.9 Å². The molecule has 0 unspecified atom stereocenters. The van der Waals surface area contributed by atoms with E-state index in [1.54, 1.807) is 12.1 Å². The van der Waals surface area contributed by atoms with Crippen molar-refractivity contribution in [2.75, 3.05) is 15.9 Å². The van der Waals surface area contributed by atoms with Crippen molar-refractivity contribution in [2.45, 2.75) is 32.7 Å². The zero-order chi connectivity index (χ0) is 21.1. The molecule has 0 aliphatic carbocycles. The third-order valence-electron chi connectivity index (χ3n) is 4.22. The minimum absolute atomic E-state index is 0.0523. The first-order valence-electron chi connectivity index (χ1n) is 8.66. The zero-order valence-corrected chi connectivity index (χ0v) is 16.9. The number of nitrogens with zero attached hydrogens (tertiary/aromatic N) is 2. The Balaban J connectivity index is 2.39. The summed E-state index contributed by atoms with van der Waals surface area (Å²) in [5.74, 6) is -0.375. The lowest BCUT2D eigenvalue weighted by atomic mass is 10.0. The highest BCUT2D eigenvalue weighted by atomic mass is 32.2. The van der Waals surface area contributed by atoms with Gasteiger partial charge in [0.2, 0.25) is 15.9 Å². The molecule has 9 heteroatoms. The van der Waals surface area contributed by atoms with Gasteiger partial charge in [-0.3, -0.25) is 19.2 Å². The van der Waals surface area contributed by atoms with E-state index in [9.17, 15) is 23.3 Å². The van der Waals surface area contributed by atoms with Gasteiger partial charge in [0.25, 0.3) is 5.69 Å². The SMILES string of the molecule is CC(C)c1ccccc1NC(=O)[C@H](C)N(c1cccc([N+](=O)[O-])c1)S(C)(=O)=O. The lowest BCUT2D eigenvalue weighted by Gasteiger charge is -2.28. The Kier molecular flexibility index (Phi) is 6.40. The Labute approximate surface area is 164 Å². The quantitative estimate of drug-likeness (QED) is 0.560. The molecule has 150 valence electrons. The summed E-state index contributed by atoms with van der Waals surface area (Å²) in [5, 5.41) is 13.8. The van der Waals surface area contributed by atoms with Gasteiger partial charge in [0.15, 0.2) is 0 Å². The number of carbonyl (C=O) groups is 1. The van der Waals surface area contributed by atoms with Crippen molar-refractivity contribution in [3.63, 3.8) is 0 Å². The monoisotopic (exact) mass is 405 g/mol. The summed E-state index contributed by atoms with van der Waals surface area (Å²) in [4.78, 5) is 23.2. The van der Waals surface area contributed by atoms with E-state index in [-0.39, 0.29) is 17.3 Å². The number of nitrogens with one attached hydrogen (secondary N) is 1. The first-order valence-corrected chi connectivity index (χ1v) is 10.5. The van der Waals surface area contributed by atoms with Crippen molar-refractivity contribution < 1.29 is 18.1 Å². The molecule has 0 heterocycles. The Bertz CT molecular complexity index is 989. The third-order valence-corrected chi connectivity index (χ3v) is 5.47. The highest BCUT2D eigenvalue weighted by Gasteiger charge is 2.30. The number of rotatable bonds is 7. The summed E-state index contributed by atoms with van der Waals surface area (Å²) in [5.41, 5.74) is 1.31. The number of non-ortho nitro benzene ring substituents is 1. The van der Waals surface area contributed by atoms with Crippen LogP contribution in [-0.2, 0) is 14.8 Å². The van der Waals surface area contributed by atoms with Crippen LogP contribution in [0.2, 0.25) is 0 Å². The van der Waals surface area contributed by atoms with Crippen LogP contribution >= 0.6 is 0 Å². The van der Waals surface area contributed by atoms with Gasteiger partial charge in [-0.2, -0.15) is 0 Å². The fourth-order valence-electron chi connectivity index (χ4n) is 2.90. The van der Waals surface area contributed by atoms with Crippen molar-refractivity contribution in [1.82, 2.24) is 0 Å². The highest BCUT2D eigenvalue weighted by Crippen LogP contribution is 2.27. The summed E-state index contributed by atoms with van der Waals surface area (Å²) < 4.78 is 25.6. The molecule has 0 aliphatic heterocycles. The van der Waals surface area contributed by atoms with E-state index in [4.69, 9.17) is 0 Å². The second-order valence-electron chi connectivity index (χ2n) is 6.74. The largest absolute Gasteiger partial charge is 0.324 e. The number of nitro benzene ring substituents is 1. The topological polar surface area (TPSA) is 110 Å². The first kappa shape index (κ1) is 21.4. The van der Waals surface area contributed by atoms with Crippen LogP contribution in [0.3, 0.4) is 0 Å². The molecule has 2 rings (SSSR count). The third kappa shape index (κ3) is 4.86. The minimum atomic E-state index is -3.87. The molecule has 0 fully saturated rings. The van der Waals surface area contributed by atoms with Gasteiger partial charge in [-0.05, 0) is 30.5 Å². The van der Waals surface area contributed by atoms with Gasteiger partial charge in [0.1, 0.15) is 6.04 Å². The number of carbonyl (C=O) groups excluding carboxylic acids is 1. The number of anilines is 2. The molecule has 0 saturated heterocycles. The molecule has 0 radical (unpaired) electrons. The number of benzene rings is 2. The van der Waals surface area contributed by atoms with E-state index in [0.29, 0.717) is 5.69 Å². The van der Waals surface area contributed by atoms with Crippen molar-refractivity contribution in [2.24, 2.45) is 0 Å². The van der Waals surface area contributed by atoms with Crippen LogP contribution in [0, 0.1) is 10.1 Å². The van der Waals surface area contributed by atoms with Crippen LogP contribution in [0.15, 0.2) is 48.5 Å². The Morgan fingerprint density at radius 1 is 1.11 bits per heavy atom. The number of hydrogen-bond acceptors (Lipinski definition) is 5. The molecule has 1 N–H and O–H groups in total. The van der Waals surface area contributed by atoms with Crippen LogP contribution in [0.5, 0.6) is 0 Å². The van der Waals surface area contributed by atoms with E-state index in [2.05, 4.69) is 5.32 Å². The summed E-state index contributed by atoms with van der Waals surface area (Å²) >= 11 is 0.